The lowest BCUT2D eigenvalue weighted by atomic mass is 9.99. The summed E-state index contributed by atoms with van der Waals surface area (Å²) in [6, 6.07) is 28.2. The zero-order valence-corrected chi connectivity index (χ0v) is 18.8. The number of rotatable bonds is 8. The van der Waals surface area contributed by atoms with E-state index in [-0.39, 0.29) is 18.1 Å². The predicted molar refractivity (Wildman–Crippen MR) is 129 cm³/mol. The first kappa shape index (κ1) is 21.9. The predicted octanol–water partition coefficient (Wildman–Crippen LogP) is 4.11. The van der Waals surface area contributed by atoms with Crippen LogP contribution >= 0.6 is 0 Å². The molecule has 32 heavy (non-hydrogen) atoms. The van der Waals surface area contributed by atoms with Gasteiger partial charge in [0.05, 0.1) is 24.8 Å². The van der Waals surface area contributed by atoms with E-state index < -0.39 is 0 Å². The molecule has 3 aromatic rings. The van der Waals surface area contributed by atoms with Crippen LogP contribution in [0.25, 0.3) is 0 Å². The number of benzene rings is 3. The largest absolute Gasteiger partial charge is 0.485 e. The number of amides is 1. The Morgan fingerprint density at radius 3 is 2.22 bits per heavy atom. The molecule has 3 aromatic carbocycles. The first-order chi connectivity index (χ1) is 15.6. The molecule has 1 atom stereocenters. The molecule has 4 rings (SSSR count). The maximum Gasteiger partial charge on any atom is 0.234 e. The van der Waals surface area contributed by atoms with Gasteiger partial charge in [-0.05, 0) is 37.2 Å². The Morgan fingerprint density at radius 2 is 1.59 bits per heavy atom. The van der Waals surface area contributed by atoms with E-state index in [0.717, 1.165) is 35.7 Å². The van der Waals surface area contributed by atoms with E-state index in [0.29, 0.717) is 13.1 Å². The number of hydrogen-bond donors (Lipinski definition) is 1. The van der Waals surface area contributed by atoms with Crippen molar-refractivity contribution in [3.63, 3.8) is 0 Å². The van der Waals surface area contributed by atoms with Gasteiger partial charge in [0.1, 0.15) is 11.9 Å². The van der Waals surface area contributed by atoms with E-state index in [1.54, 1.807) is 0 Å². The molecule has 0 radical (unpaired) electrons. The summed E-state index contributed by atoms with van der Waals surface area (Å²) in [5.74, 6) is 0.908. The van der Waals surface area contributed by atoms with Crippen molar-refractivity contribution in [2.24, 2.45) is 0 Å². The molecule has 0 bridgehead atoms. The normalized spacial score (nSPS) is 15.4. The van der Waals surface area contributed by atoms with E-state index in [2.05, 4.69) is 23.2 Å². The van der Waals surface area contributed by atoms with Crippen molar-refractivity contribution in [3.05, 3.63) is 96.1 Å². The maximum absolute atomic E-state index is 13.0. The van der Waals surface area contributed by atoms with Crippen molar-refractivity contribution < 1.29 is 9.53 Å². The molecule has 0 saturated heterocycles. The Balaban J connectivity index is 1.39. The second-order valence-electron chi connectivity index (χ2n) is 8.26. The number of hydrogen-bond acceptors (Lipinski definition) is 4. The van der Waals surface area contributed by atoms with Crippen LogP contribution in [0.1, 0.15) is 24.1 Å². The lowest BCUT2D eigenvalue weighted by Gasteiger charge is -2.37. The SMILES string of the molecule is CCN1CC(CN(C)CC(=O)NC(c2ccccc2)c2ccccc2)Oc2ccccc21. The third kappa shape index (κ3) is 5.29. The van der Waals surface area contributed by atoms with Crippen LogP contribution in [0, 0.1) is 0 Å². The van der Waals surface area contributed by atoms with Crippen molar-refractivity contribution in [3.8, 4) is 5.75 Å². The minimum Gasteiger partial charge on any atom is -0.485 e. The van der Waals surface area contributed by atoms with Crippen molar-refractivity contribution >= 4 is 11.6 Å². The van der Waals surface area contributed by atoms with Crippen molar-refractivity contribution in [2.75, 3.05) is 38.1 Å². The van der Waals surface area contributed by atoms with Crippen molar-refractivity contribution in [1.82, 2.24) is 10.2 Å². The quantitative estimate of drug-likeness (QED) is 0.585. The van der Waals surface area contributed by atoms with Gasteiger partial charge in [0.25, 0.3) is 0 Å². The summed E-state index contributed by atoms with van der Waals surface area (Å²) in [6.45, 7) is 4.89. The Morgan fingerprint density at radius 1 is 1.00 bits per heavy atom. The Bertz CT molecular complexity index is 970. The average Bonchev–Trinajstić information content (AvgIpc) is 2.83. The number of carbonyl (C=O) groups is 1. The highest BCUT2D eigenvalue weighted by Gasteiger charge is 2.26. The van der Waals surface area contributed by atoms with Gasteiger partial charge >= 0.3 is 0 Å². The van der Waals surface area contributed by atoms with Crippen LogP contribution < -0.4 is 15.0 Å². The average molecular weight is 430 g/mol. The summed E-state index contributed by atoms with van der Waals surface area (Å²) < 4.78 is 6.22. The lowest BCUT2D eigenvalue weighted by Crippen LogP contribution is -2.47. The first-order valence-electron chi connectivity index (χ1n) is 11.2. The number of carbonyl (C=O) groups excluding carboxylic acids is 1. The maximum atomic E-state index is 13.0. The van der Waals surface area contributed by atoms with Gasteiger partial charge in [0, 0.05) is 13.1 Å². The molecule has 5 heteroatoms. The highest BCUT2D eigenvalue weighted by Crippen LogP contribution is 2.32. The number of anilines is 1. The fourth-order valence-electron chi connectivity index (χ4n) is 4.29. The van der Waals surface area contributed by atoms with E-state index in [9.17, 15) is 4.79 Å². The fourth-order valence-corrected chi connectivity index (χ4v) is 4.29. The van der Waals surface area contributed by atoms with Crippen LogP contribution in [-0.2, 0) is 4.79 Å². The molecule has 1 amide bonds. The van der Waals surface area contributed by atoms with Gasteiger partial charge in [-0.2, -0.15) is 0 Å². The number of nitrogens with zero attached hydrogens (tertiary/aromatic N) is 2. The summed E-state index contributed by atoms with van der Waals surface area (Å²) in [5, 5.41) is 3.22. The molecule has 1 N–H and O–H groups in total. The second kappa shape index (κ2) is 10.3. The number of ether oxygens (including phenoxy) is 1. The highest BCUT2D eigenvalue weighted by atomic mass is 16.5. The van der Waals surface area contributed by atoms with Gasteiger partial charge in [-0.15, -0.1) is 0 Å². The van der Waals surface area contributed by atoms with E-state index in [1.807, 2.05) is 90.8 Å². The Labute approximate surface area is 190 Å². The van der Waals surface area contributed by atoms with Crippen LogP contribution in [0.4, 0.5) is 5.69 Å². The lowest BCUT2D eigenvalue weighted by molar-refractivity contribution is -0.122. The fraction of sp³-hybridized carbons (Fsp3) is 0.296. The van der Waals surface area contributed by atoms with Crippen molar-refractivity contribution in [1.29, 1.82) is 0 Å². The van der Waals surface area contributed by atoms with Crippen molar-refractivity contribution in [2.45, 2.75) is 19.1 Å². The Hall–Kier alpha value is -3.31. The molecular formula is C27H31N3O2. The van der Waals surface area contributed by atoms with Crippen LogP contribution in [0.15, 0.2) is 84.9 Å². The molecule has 1 heterocycles. The van der Waals surface area contributed by atoms with Gasteiger partial charge in [0.15, 0.2) is 0 Å². The topological polar surface area (TPSA) is 44.8 Å². The summed E-state index contributed by atoms with van der Waals surface area (Å²) in [7, 11) is 1.97. The number of fused-ring (bicyclic) bond motifs is 1. The first-order valence-corrected chi connectivity index (χ1v) is 11.2. The third-order valence-electron chi connectivity index (χ3n) is 5.81. The van der Waals surface area contributed by atoms with Gasteiger partial charge < -0.3 is 15.0 Å². The van der Waals surface area contributed by atoms with Gasteiger partial charge in [-0.1, -0.05) is 72.8 Å². The van der Waals surface area contributed by atoms with E-state index in [1.165, 1.54) is 0 Å². The monoisotopic (exact) mass is 429 g/mol. The highest BCUT2D eigenvalue weighted by molar-refractivity contribution is 5.79. The van der Waals surface area contributed by atoms with Crippen LogP contribution in [0.3, 0.4) is 0 Å². The number of nitrogens with one attached hydrogen (secondary N) is 1. The van der Waals surface area contributed by atoms with Gasteiger partial charge in [-0.3, -0.25) is 9.69 Å². The molecule has 0 aromatic heterocycles. The summed E-state index contributed by atoms with van der Waals surface area (Å²) in [4.78, 5) is 17.3. The second-order valence-corrected chi connectivity index (χ2v) is 8.26. The van der Waals surface area contributed by atoms with Gasteiger partial charge in [0.2, 0.25) is 5.91 Å². The number of likely N-dealkylation sites (N-methyl/N-ethyl adjacent to an activating group) is 2. The third-order valence-corrected chi connectivity index (χ3v) is 5.81. The molecule has 0 fully saturated rings. The summed E-state index contributed by atoms with van der Waals surface area (Å²) >= 11 is 0. The number of para-hydroxylation sites is 2. The molecule has 0 saturated carbocycles. The smallest absolute Gasteiger partial charge is 0.234 e. The zero-order chi connectivity index (χ0) is 22.3. The Kier molecular flexibility index (Phi) is 7.07. The molecule has 1 aliphatic rings. The molecule has 1 aliphatic heterocycles. The summed E-state index contributed by atoms with van der Waals surface area (Å²) in [5.41, 5.74) is 3.28. The summed E-state index contributed by atoms with van der Waals surface area (Å²) in [6.07, 6.45) is 0.0155. The van der Waals surface area contributed by atoms with E-state index in [4.69, 9.17) is 4.74 Å². The van der Waals surface area contributed by atoms with Crippen LogP contribution in [0.5, 0.6) is 5.75 Å². The van der Waals surface area contributed by atoms with Crippen LogP contribution in [-0.4, -0.2) is 50.1 Å². The van der Waals surface area contributed by atoms with E-state index >= 15 is 0 Å². The molecular weight excluding hydrogens is 398 g/mol. The van der Waals surface area contributed by atoms with Gasteiger partial charge in [-0.25, -0.2) is 0 Å². The molecule has 166 valence electrons. The van der Waals surface area contributed by atoms with Crippen LogP contribution in [0.2, 0.25) is 0 Å². The zero-order valence-electron chi connectivity index (χ0n) is 18.8. The molecule has 0 aliphatic carbocycles. The minimum atomic E-state index is -0.174. The molecule has 0 spiro atoms. The molecule has 1 unspecified atom stereocenters. The molecule has 5 nitrogen and oxygen atoms in total. The minimum absolute atomic E-state index is 0.00577. The standard InChI is InChI=1S/C27H31N3O2/c1-3-30-19-23(32-25-17-11-10-16-24(25)30)18-29(2)20-26(31)28-27(21-12-6-4-7-13-21)22-14-8-5-9-15-22/h4-17,23,27H,3,18-20H2,1-2H3,(H,28,31).